The minimum Gasteiger partial charge on any atom is -0.352 e. The average molecular weight is 264 g/mol. The zero-order chi connectivity index (χ0) is 13.0. The molecular weight excluding hydrogens is 244 g/mol. The van der Waals surface area contributed by atoms with E-state index in [2.05, 4.69) is 29.8 Å². The Morgan fingerprint density at radius 1 is 1.56 bits per heavy atom. The van der Waals surface area contributed by atoms with E-state index in [4.69, 9.17) is 0 Å². The lowest BCUT2D eigenvalue weighted by atomic mass is 10.1. The molecule has 0 saturated carbocycles. The smallest absolute Gasteiger partial charge is 0.251 e. The van der Waals surface area contributed by atoms with Crippen LogP contribution < -0.4 is 5.32 Å². The maximum atomic E-state index is 11.9. The van der Waals surface area contributed by atoms with Crippen LogP contribution >= 0.6 is 12.6 Å². The molecule has 1 heterocycles. The van der Waals surface area contributed by atoms with Crippen LogP contribution in [0.1, 0.15) is 23.7 Å². The Morgan fingerprint density at radius 3 is 3.06 bits per heavy atom. The van der Waals surface area contributed by atoms with Crippen molar-refractivity contribution in [1.82, 2.24) is 10.2 Å². The van der Waals surface area contributed by atoms with Gasteiger partial charge in [0.1, 0.15) is 0 Å². The van der Waals surface area contributed by atoms with Gasteiger partial charge >= 0.3 is 0 Å². The van der Waals surface area contributed by atoms with Gasteiger partial charge in [-0.05, 0) is 43.6 Å². The van der Waals surface area contributed by atoms with E-state index in [1.165, 1.54) is 6.42 Å². The predicted molar refractivity (Wildman–Crippen MR) is 76.2 cm³/mol. The molecule has 1 aromatic carbocycles. The molecule has 1 saturated heterocycles. The first-order chi connectivity index (χ1) is 8.69. The molecule has 0 radical (unpaired) electrons. The van der Waals surface area contributed by atoms with Gasteiger partial charge in [-0.1, -0.05) is 13.0 Å². The first kappa shape index (κ1) is 13.4. The lowest BCUT2D eigenvalue weighted by Crippen LogP contribution is -2.31. The SMILES string of the molecule is CCN1CCC(CNC(=O)c2cccc(S)c2)C1. The number of carbonyl (C=O) groups is 1. The van der Waals surface area contributed by atoms with Crippen molar-refractivity contribution in [3.63, 3.8) is 0 Å². The number of amides is 1. The number of nitrogens with zero attached hydrogens (tertiary/aromatic N) is 1. The summed E-state index contributed by atoms with van der Waals surface area (Å²) in [4.78, 5) is 15.2. The highest BCUT2D eigenvalue weighted by Crippen LogP contribution is 2.15. The summed E-state index contributed by atoms with van der Waals surface area (Å²) in [5, 5.41) is 3.01. The summed E-state index contributed by atoms with van der Waals surface area (Å²) >= 11 is 4.24. The average Bonchev–Trinajstić information content (AvgIpc) is 2.84. The third-order valence-corrected chi connectivity index (χ3v) is 3.75. The summed E-state index contributed by atoms with van der Waals surface area (Å²) in [7, 11) is 0. The molecule has 3 nitrogen and oxygen atoms in total. The first-order valence-corrected chi connectivity index (χ1v) is 6.93. The second-order valence-corrected chi connectivity index (χ2v) is 5.32. The standard InChI is InChI=1S/C14H20N2OS/c1-2-16-7-6-11(10-16)9-15-14(17)12-4-3-5-13(18)8-12/h3-5,8,11,18H,2,6-7,9-10H2,1H3,(H,15,17). The third-order valence-electron chi connectivity index (χ3n) is 3.48. The van der Waals surface area contributed by atoms with Crippen LogP contribution in [-0.2, 0) is 0 Å². The van der Waals surface area contributed by atoms with Crippen molar-refractivity contribution >= 4 is 18.5 Å². The Balaban J connectivity index is 1.82. The van der Waals surface area contributed by atoms with Crippen molar-refractivity contribution in [3.8, 4) is 0 Å². The molecule has 18 heavy (non-hydrogen) atoms. The molecule has 4 heteroatoms. The number of hydrogen-bond acceptors (Lipinski definition) is 3. The number of likely N-dealkylation sites (tertiary alicyclic amines) is 1. The molecule has 1 fully saturated rings. The molecule has 1 aliphatic rings. The van der Waals surface area contributed by atoms with E-state index in [0.717, 1.165) is 31.1 Å². The quantitative estimate of drug-likeness (QED) is 0.816. The largest absolute Gasteiger partial charge is 0.352 e. The van der Waals surface area contributed by atoms with E-state index < -0.39 is 0 Å². The number of carbonyl (C=O) groups excluding carboxylic acids is 1. The highest BCUT2D eigenvalue weighted by Gasteiger charge is 2.21. The summed E-state index contributed by atoms with van der Waals surface area (Å²) in [6.45, 7) is 6.31. The molecule has 1 aromatic rings. The van der Waals surface area contributed by atoms with E-state index in [0.29, 0.717) is 11.5 Å². The summed E-state index contributed by atoms with van der Waals surface area (Å²) in [6.07, 6.45) is 1.18. The molecule has 98 valence electrons. The van der Waals surface area contributed by atoms with Crippen LogP contribution in [0.15, 0.2) is 29.2 Å². The molecule has 1 amide bonds. The Labute approximate surface area is 114 Å². The number of rotatable bonds is 4. The number of nitrogens with one attached hydrogen (secondary N) is 1. The summed E-state index contributed by atoms with van der Waals surface area (Å²) in [5.74, 6) is 0.592. The predicted octanol–water partition coefficient (Wildman–Crippen LogP) is 2.05. The summed E-state index contributed by atoms with van der Waals surface area (Å²) in [5.41, 5.74) is 0.688. The van der Waals surface area contributed by atoms with Crippen molar-refractivity contribution in [1.29, 1.82) is 0 Å². The van der Waals surface area contributed by atoms with Crippen LogP contribution in [0.3, 0.4) is 0 Å². The van der Waals surface area contributed by atoms with Gasteiger partial charge in [0.25, 0.3) is 5.91 Å². The van der Waals surface area contributed by atoms with Crippen LogP contribution in [0.4, 0.5) is 0 Å². The number of thiol groups is 1. The van der Waals surface area contributed by atoms with Gasteiger partial charge in [-0.15, -0.1) is 12.6 Å². The Bertz CT molecular complexity index is 422. The normalized spacial score (nSPS) is 20.0. The van der Waals surface area contributed by atoms with Gasteiger partial charge in [-0.2, -0.15) is 0 Å². The van der Waals surface area contributed by atoms with Crippen LogP contribution in [-0.4, -0.2) is 37.0 Å². The number of hydrogen-bond donors (Lipinski definition) is 2. The lowest BCUT2D eigenvalue weighted by molar-refractivity contribution is 0.0947. The minimum absolute atomic E-state index is 0.000786. The second-order valence-electron chi connectivity index (χ2n) is 4.81. The summed E-state index contributed by atoms with van der Waals surface area (Å²) < 4.78 is 0. The van der Waals surface area contributed by atoms with Crippen molar-refractivity contribution < 1.29 is 4.79 Å². The van der Waals surface area contributed by atoms with Gasteiger partial charge < -0.3 is 10.2 Å². The van der Waals surface area contributed by atoms with E-state index in [-0.39, 0.29) is 5.91 Å². The fourth-order valence-corrected chi connectivity index (χ4v) is 2.58. The monoisotopic (exact) mass is 264 g/mol. The maximum absolute atomic E-state index is 11.9. The van der Waals surface area contributed by atoms with Crippen molar-refractivity contribution in [3.05, 3.63) is 29.8 Å². The van der Waals surface area contributed by atoms with E-state index >= 15 is 0 Å². The Kier molecular flexibility index (Phi) is 4.66. The van der Waals surface area contributed by atoms with Crippen LogP contribution in [0, 0.1) is 5.92 Å². The van der Waals surface area contributed by atoms with Gasteiger partial charge in [0.2, 0.25) is 0 Å². The van der Waals surface area contributed by atoms with Crippen molar-refractivity contribution in [2.24, 2.45) is 5.92 Å². The fourth-order valence-electron chi connectivity index (χ4n) is 2.35. The second kappa shape index (κ2) is 6.25. The van der Waals surface area contributed by atoms with Gasteiger partial charge in [0.15, 0.2) is 0 Å². The van der Waals surface area contributed by atoms with Gasteiger partial charge in [-0.3, -0.25) is 4.79 Å². The molecule has 0 aliphatic carbocycles. The topological polar surface area (TPSA) is 32.3 Å². The fraction of sp³-hybridized carbons (Fsp3) is 0.500. The molecule has 0 aromatic heterocycles. The third kappa shape index (κ3) is 3.50. The lowest BCUT2D eigenvalue weighted by Gasteiger charge is -2.13. The molecule has 2 rings (SSSR count). The zero-order valence-electron chi connectivity index (χ0n) is 10.7. The first-order valence-electron chi connectivity index (χ1n) is 6.48. The van der Waals surface area contributed by atoms with E-state index in [9.17, 15) is 4.79 Å². The van der Waals surface area contributed by atoms with Gasteiger partial charge in [0.05, 0.1) is 0 Å². The number of benzene rings is 1. The minimum atomic E-state index is 0.000786. The van der Waals surface area contributed by atoms with Crippen molar-refractivity contribution in [2.75, 3.05) is 26.2 Å². The molecular formula is C14H20N2OS. The molecule has 1 aliphatic heterocycles. The molecule has 1 unspecified atom stereocenters. The van der Waals surface area contributed by atoms with Crippen LogP contribution in [0.2, 0.25) is 0 Å². The van der Waals surface area contributed by atoms with E-state index in [1.54, 1.807) is 6.07 Å². The highest BCUT2D eigenvalue weighted by molar-refractivity contribution is 7.80. The maximum Gasteiger partial charge on any atom is 0.251 e. The van der Waals surface area contributed by atoms with Gasteiger partial charge in [-0.25, -0.2) is 0 Å². The van der Waals surface area contributed by atoms with Crippen molar-refractivity contribution in [2.45, 2.75) is 18.2 Å². The van der Waals surface area contributed by atoms with Crippen LogP contribution in [0.5, 0.6) is 0 Å². The molecule has 1 atom stereocenters. The zero-order valence-corrected chi connectivity index (χ0v) is 11.6. The molecule has 0 spiro atoms. The van der Waals surface area contributed by atoms with E-state index in [1.807, 2.05) is 18.2 Å². The van der Waals surface area contributed by atoms with Crippen LogP contribution in [0.25, 0.3) is 0 Å². The summed E-state index contributed by atoms with van der Waals surface area (Å²) in [6, 6.07) is 7.34. The Hall–Kier alpha value is -1.00. The van der Waals surface area contributed by atoms with Gasteiger partial charge in [0, 0.05) is 23.5 Å². The molecule has 1 N–H and O–H groups in total. The Morgan fingerprint density at radius 2 is 2.39 bits per heavy atom. The molecule has 0 bridgehead atoms. The highest BCUT2D eigenvalue weighted by atomic mass is 32.1.